The van der Waals surface area contributed by atoms with Crippen LogP contribution in [0.25, 0.3) is 0 Å². The molecule has 140 valence electrons. The fraction of sp³-hybridized carbons (Fsp3) is 0.579. The van der Waals surface area contributed by atoms with Crippen molar-refractivity contribution in [2.24, 2.45) is 11.7 Å². The minimum atomic E-state index is -0.592. The average molecular weight is 348 g/mol. The number of hydrogen-bond acceptors (Lipinski definition) is 4. The molecule has 0 aromatic heterocycles. The molecule has 25 heavy (non-hydrogen) atoms. The molecule has 0 unspecified atom stereocenters. The molecular formula is C19H32N4O2. The van der Waals surface area contributed by atoms with E-state index in [0.717, 1.165) is 25.2 Å². The Balaban J connectivity index is 2.37. The van der Waals surface area contributed by atoms with Gasteiger partial charge in [0.1, 0.15) is 0 Å². The lowest BCUT2D eigenvalue weighted by Crippen LogP contribution is -2.47. The molecule has 0 bridgehead atoms. The Morgan fingerprint density at radius 1 is 1.04 bits per heavy atom. The van der Waals surface area contributed by atoms with Crippen LogP contribution in [0.5, 0.6) is 0 Å². The molecule has 0 spiro atoms. The van der Waals surface area contributed by atoms with Gasteiger partial charge in [-0.25, -0.2) is 0 Å². The zero-order valence-corrected chi connectivity index (χ0v) is 15.8. The van der Waals surface area contributed by atoms with Gasteiger partial charge in [0.25, 0.3) is 0 Å². The second-order valence-electron chi connectivity index (χ2n) is 6.54. The molecule has 0 heterocycles. The number of nitrogens with one attached hydrogen (secondary N) is 2. The van der Waals surface area contributed by atoms with E-state index in [1.54, 1.807) is 0 Å². The molecule has 6 heteroatoms. The molecule has 0 saturated heterocycles. The van der Waals surface area contributed by atoms with Gasteiger partial charge >= 0.3 is 0 Å². The fourth-order valence-corrected chi connectivity index (χ4v) is 2.32. The predicted molar refractivity (Wildman–Crippen MR) is 101 cm³/mol. The van der Waals surface area contributed by atoms with E-state index < -0.39 is 6.04 Å². The van der Waals surface area contributed by atoms with E-state index >= 15 is 0 Å². The fourth-order valence-electron chi connectivity index (χ4n) is 2.32. The summed E-state index contributed by atoms with van der Waals surface area (Å²) in [6, 6.07) is 7.62. The summed E-state index contributed by atoms with van der Waals surface area (Å²) in [5.41, 5.74) is 8.02. The maximum absolute atomic E-state index is 11.8. The van der Waals surface area contributed by atoms with Crippen molar-refractivity contribution >= 4 is 11.8 Å². The highest BCUT2D eigenvalue weighted by atomic mass is 16.2. The van der Waals surface area contributed by atoms with Gasteiger partial charge in [0.05, 0.1) is 12.6 Å². The highest BCUT2D eigenvalue weighted by Gasteiger charge is 2.17. The Kier molecular flexibility index (Phi) is 9.16. The lowest BCUT2D eigenvalue weighted by atomic mass is 10.1. The maximum Gasteiger partial charge on any atom is 0.239 e. The van der Waals surface area contributed by atoms with Crippen LogP contribution in [0.2, 0.25) is 0 Å². The van der Waals surface area contributed by atoms with Crippen LogP contribution in [0.1, 0.15) is 38.8 Å². The summed E-state index contributed by atoms with van der Waals surface area (Å²) >= 11 is 0. The van der Waals surface area contributed by atoms with Gasteiger partial charge in [0, 0.05) is 13.1 Å². The summed E-state index contributed by atoms with van der Waals surface area (Å²) in [5.74, 6) is -0.486. The second-order valence-corrected chi connectivity index (χ2v) is 6.54. The lowest BCUT2D eigenvalue weighted by Gasteiger charge is -2.18. The third kappa shape index (κ3) is 7.67. The van der Waals surface area contributed by atoms with E-state index in [0.29, 0.717) is 6.54 Å². The minimum Gasteiger partial charge on any atom is -0.350 e. The first-order valence-corrected chi connectivity index (χ1v) is 8.97. The number of benzene rings is 1. The van der Waals surface area contributed by atoms with Crippen LogP contribution in [0.3, 0.4) is 0 Å². The summed E-state index contributed by atoms with van der Waals surface area (Å²) < 4.78 is 0. The quantitative estimate of drug-likeness (QED) is 0.594. The topological polar surface area (TPSA) is 87.5 Å². The van der Waals surface area contributed by atoms with Crippen LogP contribution in [0.15, 0.2) is 24.3 Å². The van der Waals surface area contributed by atoms with Gasteiger partial charge in [-0.1, -0.05) is 52.0 Å². The van der Waals surface area contributed by atoms with E-state index in [1.165, 1.54) is 5.56 Å². The van der Waals surface area contributed by atoms with E-state index in [4.69, 9.17) is 5.73 Å². The van der Waals surface area contributed by atoms with Crippen molar-refractivity contribution in [1.29, 1.82) is 0 Å². The van der Waals surface area contributed by atoms with Crippen LogP contribution in [-0.4, -0.2) is 42.4 Å². The van der Waals surface area contributed by atoms with Gasteiger partial charge in [0.2, 0.25) is 11.8 Å². The Labute approximate surface area is 151 Å². The molecule has 0 saturated carbocycles. The molecule has 1 aromatic rings. The molecule has 0 radical (unpaired) electrons. The first kappa shape index (κ1) is 21.1. The van der Waals surface area contributed by atoms with Crippen LogP contribution >= 0.6 is 0 Å². The third-order valence-corrected chi connectivity index (χ3v) is 4.26. The Morgan fingerprint density at radius 3 is 2.12 bits per heavy atom. The van der Waals surface area contributed by atoms with E-state index in [-0.39, 0.29) is 24.3 Å². The molecule has 1 rings (SSSR count). The first-order valence-electron chi connectivity index (χ1n) is 8.97. The monoisotopic (exact) mass is 348 g/mol. The van der Waals surface area contributed by atoms with Gasteiger partial charge in [-0.05, 0) is 30.1 Å². The standard InChI is InChI=1S/C19H32N4O2/c1-5-23(6-2)13-16-9-7-15(8-10-16)11-21-17(24)12-22-19(25)18(20)14(3)4/h7-10,14,18H,5-6,11-13,20H2,1-4H3,(H,21,24)(H,22,25)/t18-/m0/s1. The number of rotatable bonds is 10. The van der Waals surface area contributed by atoms with Crippen molar-refractivity contribution in [3.63, 3.8) is 0 Å². The van der Waals surface area contributed by atoms with Gasteiger partial charge in [-0.2, -0.15) is 0 Å². The smallest absolute Gasteiger partial charge is 0.239 e. The predicted octanol–water partition coefficient (Wildman–Crippen LogP) is 1.24. The summed E-state index contributed by atoms with van der Waals surface area (Å²) in [6.07, 6.45) is 0. The number of nitrogens with zero attached hydrogens (tertiary/aromatic N) is 1. The maximum atomic E-state index is 11.8. The zero-order chi connectivity index (χ0) is 18.8. The van der Waals surface area contributed by atoms with Gasteiger partial charge in [-0.3, -0.25) is 14.5 Å². The minimum absolute atomic E-state index is 0.0397. The van der Waals surface area contributed by atoms with Crippen LogP contribution in [-0.2, 0) is 22.7 Å². The number of carbonyl (C=O) groups is 2. The van der Waals surface area contributed by atoms with Gasteiger partial charge < -0.3 is 16.4 Å². The summed E-state index contributed by atoms with van der Waals surface area (Å²) in [5, 5.41) is 5.36. The highest BCUT2D eigenvalue weighted by Crippen LogP contribution is 2.07. The summed E-state index contributed by atoms with van der Waals surface area (Å²) in [7, 11) is 0. The normalized spacial score (nSPS) is 12.3. The van der Waals surface area contributed by atoms with Crippen molar-refractivity contribution in [1.82, 2.24) is 15.5 Å². The SMILES string of the molecule is CCN(CC)Cc1ccc(CNC(=O)CNC(=O)[C@@H](N)C(C)C)cc1. The Hall–Kier alpha value is -1.92. The summed E-state index contributed by atoms with van der Waals surface area (Å²) in [6.45, 7) is 11.4. The number of carbonyl (C=O) groups excluding carboxylic acids is 2. The molecule has 0 fully saturated rings. The van der Waals surface area contributed by atoms with Crippen LogP contribution in [0, 0.1) is 5.92 Å². The second kappa shape index (κ2) is 10.8. The van der Waals surface area contributed by atoms with E-state index in [9.17, 15) is 9.59 Å². The average Bonchev–Trinajstić information content (AvgIpc) is 2.62. The summed E-state index contributed by atoms with van der Waals surface area (Å²) in [4.78, 5) is 25.9. The van der Waals surface area contributed by atoms with Crippen LogP contribution < -0.4 is 16.4 Å². The Morgan fingerprint density at radius 2 is 1.60 bits per heavy atom. The van der Waals surface area contributed by atoms with Crippen molar-refractivity contribution in [2.75, 3.05) is 19.6 Å². The first-order chi connectivity index (χ1) is 11.9. The molecule has 2 amide bonds. The number of nitrogens with two attached hydrogens (primary N) is 1. The molecule has 0 aliphatic carbocycles. The highest BCUT2D eigenvalue weighted by molar-refractivity contribution is 5.87. The molecule has 4 N–H and O–H groups in total. The van der Waals surface area contributed by atoms with Crippen molar-refractivity contribution in [2.45, 2.75) is 46.8 Å². The van der Waals surface area contributed by atoms with Crippen molar-refractivity contribution in [3.8, 4) is 0 Å². The van der Waals surface area contributed by atoms with Crippen LogP contribution in [0.4, 0.5) is 0 Å². The van der Waals surface area contributed by atoms with E-state index in [1.807, 2.05) is 26.0 Å². The van der Waals surface area contributed by atoms with Crippen molar-refractivity contribution in [3.05, 3.63) is 35.4 Å². The molecule has 0 aliphatic rings. The lowest BCUT2D eigenvalue weighted by molar-refractivity contribution is -0.127. The molecular weight excluding hydrogens is 316 g/mol. The third-order valence-electron chi connectivity index (χ3n) is 4.26. The van der Waals surface area contributed by atoms with E-state index in [2.05, 4.69) is 41.5 Å². The molecule has 1 aromatic carbocycles. The largest absolute Gasteiger partial charge is 0.350 e. The Bertz CT molecular complexity index is 539. The van der Waals surface area contributed by atoms with Gasteiger partial charge in [0.15, 0.2) is 0 Å². The number of amides is 2. The van der Waals surface area contributed by atoms with Gasteiger partial charge in [-0.15, -0.1) is 0 Å². The van der Waals surface area contributed by atoms with Crippen molar-refractivity contribution < 1.29 is 9.59 Å². The molecule has 6 nitrogen and oxygen atoms in total. The zero-order valence-electron chi connectivity index (χ0n) is 15.8. The molecule has 0 aliphatic heterocycles. The molecule has 1 atom stereocenters. The number of hydrogen-bond donors (Lipinski definition) is 3.